The lowest BCUT2D eigenvalue weighted by molar-refractivity contribution is 0.0963. The number of carbonyl (C=O) groups is 1. The smallest absolute Gasteiger partial charge is 0.251 e. The molecule has 0 aliphatic heterocycles. The van der Waals surface area contributed by atoms with Crippen molar-refractivity contribution < 1.29 is 4.79 Å². The number of hydrogen-bond acceptors (Lipinski definition) is 2. The highest BCUT2D eigenvalue weighted by Crippen LogP contribution is 2.22. The molecule has 0 bridgehead atoms. The van der Waals surface area contributed by atoms with Crippen LogP contribution in [0.3, 0.4) is 0 Å². The van der Waals surface area contributed by atoms with E-state index in [9.17, 15) is 4.79 Å². The lowest BCUT2D eigenvalue weighted by atomic mass is 10.1. The van der Waals surface area contributed by atoms with Crippen LogP contribution in [0.5, 0.6) is 0 Å². The van der Waals surface area contributed by atoms with Crippen LogP contribution in [0.15, 0.2) is 58.0 Å². The predicted octanol–water partition coefficient (Wildman–Crippen LogP) is 3.67. The summed E-state index contributed by atoms with van der Waals surface area (Å²) in [6.45, 7) is 5.59. The first-order valence-corrected chi connectivity index (χ1v) is 9.94. The van der Waals surface area contributed by atoms with Crippen molar-refractivity contribution >= 4 is 27.8 Å². The SMILES string of the molecule is CCNC(=NCCc1cccc(C(=O)NC)c1)NC(C)c1ccccc1Br. The molecule has 2 aromatic carbocycles. The van der Waals surface area contributed by atoms with E-state index in [4.69, 9.17) is 0 Å². The molecule has 0 aromatic heterocycles. The molecule has 1 atom stereocenters. The summed E-state index contributed by atoms with van der Waals surface area (Å²) in [5.74, 6) is 0.709. The third kappa shape index (κ3) is 6.40. The van der Waals surface area contributed by atoms with Crippen molar-refractivity contribution in [2.24, 2.45) is 4.99 Å². The maximum Gasteiger partial charge on any atom is 0.251 e. The van der Waals surface area contributed by atoms with Gasteiger partial charge in [-0.15, -0.1) is 0 Å². The number of benzene rings is 2. The molecule has 0 saturated heterocycles. The van der Waals surface area contributed by atoms with E-state index in [1.54, 1.807) is 7.05 Å². The highest BCUT2D eigenvalue weighted by molar-refractivity contribution is 9.10. The number of nitrogens with one attached hydrogen (secondary N) is 3. The van der Waals surface area contributed by atoms with E-state index in [0.717, 1.165) is 29.0 Å². The lowest BCUT2D eigenvalue weighted by Crippen LogP contribution is -2.39. The summed E-state index contributed by atoms with van der Waals surface area (Å²) in [5, 5.41) is 9.38. The highest BCUT2D eigenvalue weighted by Gasteiger charge is 2.10. The van der Waals surface area contributed by atoms with Crippen LogP contribution in [-0.4, -0.2) is 32.0 Å². The number of rotatable bonds is 7. The molecule has 0 saturated carbocycles. The lowest BCUT2D eigenvalue weighted by Gasteiger charge is -2.19. The van der Waals surface area contributed by atoms with Gasteiger partial charge in [0.05, 0.1) is 6.04 Å². The standard InChI is InChI=1S/C21H27BrN4O/c1-4-24-21(26-15(2)18-10-5-6-11-19(18)22)25-13-12-16-8-7-9-17(14-16)20(27)23-3/h5-11,14-15H,4,12-13H2,1-3H3,(H,23,27)(H2,24,25,26). The molecule has 0 spiro atoms. The molecule has 6 heteroatoms. The molecule has 2 rings (SSSR count). The van der Waals surface area contributed by atoms with Gasteiger partial charge in [0, 0.05) is 30.2 Å². The van der Waals surface area contributed by atoms with Crippen LogP contribution in [0.2, 0.25) is 0 Å². The van der Waals surface area contributed by atoms with Gasteiger partial charge in [0.15, 0.2) is 5.96 Å². The predicted molar refractivity (Wildman–Crippen MR) is 115 cm³/mol. The van der Waals surface area contributed by atoms with E-state index in [1.807, 2.05) is 49.4 Å². The average Bonchev–Trinajstić information content (AvgIpc) is 2.68. The molecule has 1 amide bonds. The van der Waals surface area contributed by atoms with E-state index < -0.39 is 0 Å². The Kier molecular flexibility index (Phi) is 8.33. The van der Waals surface area contributed by atoms with Gasteiger partial charge in [0.2, 0.25) is 0 Å². The Balaban J connectivity index is 2.01. The van der Waals surface area contributed by atoms with Gasteiger partial charge in [-0.25, -0.2) is 0 Å². The third-order valence-corrected chi connectivity index (χ3v) is 4.88. The molecule has 0 radical (unpaired) electrons. The molecular formula is C21H27BrN4O. The number of guanidine groups is 1. The molecule has 0 aliphatic rings. The second-order valence-electron chi connectivity index (χ2n) is 6.18. The summed E-state index contributed by atoms with van der Waals surface area (Å²) in [6.07, 6.45) is 0.769. The summed E-state index contributed by atoms with van der Waals surface area (Å²) in [6, 6.07) is 15.9. The van der Waals surface area contributed by atoms with E-state index >= 15 is 0 Å². The molecule has 0 aliphatic carbocycles. The van der Waals surface area contributed by atoms with Crippen molar-refractivity contribution in [3.8, 4) is 0 Å². The minimum atomic E-state index is -0.0716. The third-order valence-electron chi connectivity index (χ3n) is 4.16. The molecule has 27 heavy (non-hydrogen) atoms. The number of amides is 1. The van der Waals surface area contributed by atoms with Crippen molar-refractivity contribution in [1.82, 2.24) is 16.0 Å². The first-order chi connectivity index (χ1) is 13.0. The summed E-state index contributed by atoms with van der Waals surface area (Å²) < 4.78 is 1.08. The van der Waals surface area contributed by atoms with Gasteiger partial charge in [0.25, 0.3) is 5.91 Å². The molecular weight excluding hydrogens is 404 g/mol. The topological polar surface area (TPSA) is 65.5 Å². The number of aliphatic imine (C=N–C) groups is 1. The molecule has 1 unspecified atom stereocenters. The number of halogens is 1. The van der Waals surface area contributed by atoms with E-state index in [2.05, 4.69) is 49.9 Å². The van der Waals surface area contributed by atoms with Crippen molar-refractivity contribution in [3.05, 3.63) is 69.7 Å². The first-order valence-electron chi connectivity index (χ1n) is 9.15. The highest BCUT2D eigenvalue weighted by atomic mass is 79.9. The van der Waals surface area contributed by atoms with Crippen LogP contribution in [0.25, 0.3) is 0 Å². The molecule has 0 heterocycles. The Morgan fingerprint density at radius 1 is 1.19 bits per heavy atom. The molecule has 2 aromatic rings. The van der Waals surface area contributed by atoms with Crippen molar-refractivity contribution in [2.45, 2.75) is 26.3 Å². The Hall–Kier alpha value is -2.34. The maximum absolute atomic E-state index is 11.8. The largest absolute Gasteiger partial charge is 0.357 e. The Morgan fingerprint density at radius 2 is 1.96 bits per heavy atom. The Morgan fingerprint density at radius 3 is 2.67 bits per heavy atom. The minimum absolute atomic E-state index is 0.0716. The van der Waals surface area contributed by atoms with Gasteiger partial charge < -0.3 is 16.0 Å². The maximum atomic E-state index is 11.8. The zero-order valence-electron chi connectivity index (χ0n) is 16.1. The van der Waals surface area contributed by atoms with Gasteiger partial charge in [0.1, 0.15) is 0 Å². The summed E-state index contributed by atoms with van der Waals surface area (Å²) in [5.41, 5.74) is 2.95. The molecule has 144 valence electrons. The second kappa shape index (κ2) is 10.7. The molecule has 5 nitrogen and oxygen atoms in total. The van der Waals surface area contributed by atoms with Crippen LogP contribution in [0.1, 0.15) is 41.4 Å². The van der Waals surface area contributed by atoms with Gasteiger partial charge in [-0.1, -0.05) is 46.3 Å². The van der Waals surface area contributed by atoms with Crippen molar-refractivity contribution in [2.75, 3.05) is 20.1 Å². The molecule has 3 N–H and O–H groups in total. The normalized spacial score (nSPS) is 12.4. The van der Waals surface area contributed by atoms with Crippen LogP contribution < -0.4 is 16.0 Å². The van der Waals surface area contributed by atoms with Gasteiger partial charge in [-0.2, -0.15) is 0 Å². The van der Waals surface area contributed by atoms with Crippen LogP contribution in [0.4, 0.5) is 0 Å². The monoisotopic (exact) mass is 430 g/mol. The van der Waals surface area contributed by atoms with E-state index in [-0.39, 0.29) is 11.9 Å². The summed E-state index contributed by atoms with van der Waals surface area (Å²) in [4.78, 5) is 16.4. The van der Waals surface area contributed by atoms with Gasteiger partial charge in [-0.05, 0) is 49.6 Å². The molecule has 0 fully saturated rings. The minimum Gasteiger partial charge on any atom is -0.357 e. The van der Waals surface area contributed by atoms with Crippen LogP contribution in [0, 0.1) is 0 Å². The Bertz CT molecular complexity index is 791. The summed E-state index contributed by atoms with van der Waals surface area (Å²) in [7, 11) is 1.64. The number of carbonyl (C=O) groups excluding carboxylic acids is 1. The fraction of sp³-hybridized carbons (Fsp3) is 0.333. The average molecular weight is 431 g/mol. The fourth-order valence-electron chi connectivity index (χ4n) is 2.74. The first kappa shape index (κ1) is 21.0. The zero-order valence-corrected chi connectivity index (χ0v) is 17.6. The van der Waals surface area contributed by atoms with E-state index in [0.29, 0.717) is 12.1 Å². The van der Waals surface area contributed by atoms with Crippen LogP contribution >= 0.6 is 15.9 Å². The van der Waals surface area contributed by atoms with E-state index in [1.165, 1.54) is 5.56 Å². The number of hydrogen-bond donors (Lipinski definition) is 3. The van der Waals surface area contributed by atoms with Gasteiger partial charge in [-0.3, -0.25) is 9.79 Å². The zero-order chi connectivity index (χ0) is 19.6. The quantitative estimate of drug-likeness (QED) is 0.463. The Labute approximate surface area is 169 Å². The fourth-order valence-corrected chi connectivity index (χ4v) is 3.37. The summed E-state index contributed by atoms with van der Waals surface area (Å²) >= 11 is 3.60. The number of nitrogens with zero attached hydrogens (tertiary/aromatic N) is 1. The van der Waals surface area contributed by atoms with Crippen molar-refractivity contribution in [1.29, 1.82) is 0 Å². The van der Waals surface area contributed by atoms with Crippen LogP contribution in [-0.2, 0) is 6.42 Å². The van der Waals surface area contributed by atoms with Gasteiger partial charge >= 0.3 is 0 Å². The second-order valence-corrected chi connectivity index (χ2v) is 7.03. The van der Waals surface area contributed by atoms with Crippen molar-refractivity contribution in [3.63, 3.8) is 0 Å².